The molecule has 1 N–H and O–H groups in total. The van der Waals surface area contributed by atoms with E-state index in [-0.39, 0.29) is 11.7 Å². The summed E-state index contributed by atoms with van der Waals surface area (Å²) in [7, 11) is 1.68. The number of nitrogens with one attached hydrogen (secondary N) is 1. The number of nitrogens with zero attached hydrogens (tertiary/aromatic N) is 4. The summed E-state index contributed by atoms with van der Waals surface area (Å²) in [4.78, 5) is 16.9. The van der Waals surface area contributed by atoms with Gasteiger partial charge in [-0.05, 0) is 49.9 Å². The Hall–Kier alpha value is -2.23. The number of aromatic nitrogens is 4. The normalized spacial score (nSPS) is 11.0. The van der Waals surface area contributed by atoms with Crippen LogP contribution >= 0.6 is 23.1 Å². The Kier molecular flexibility index (Phi) is 7.40. The van der Waals surface area contributed by atoms with Crippen LogP contribution in [0.4, 0.5) is 5.13 Å². The zero-order valence-corrected chi connectivity index (χ0v) is 18.7. The van der Waals surface area contributed by atoms with Gasteiger partial charge in [-0.1, -0.05) is 17.8 Å². The number of amides is 1. The Morgan fingerprint density at radius 1 is 1.24 bits per heavy atom. The molecule has 0 aliphatic heterocycles. The SMILES string of the molecule is COCCCn1cnnc1SCC(=O)Nc1nc(-c2cc(C)c(C)cc2C)cs1. The van der Waals surface area contributed by atoms with E-state index in [0.717, 1.165) is 29.4 Å². The molecule has 0 saturated carbocycles. The molecule has 2 aromatic heterocycles. The molecule has 1 aromatic carbocycles. The highest BCUT2D eigenvalue weighted by Gasteiger charge is 2.13. The number of carbonyl (C=O) groups excluding carboxylic acids is 1. The minimum absolute atomic E-state index is 0.112. The monoisotopic (exact) mass is 431 g/mol. The summed E-state index contributed by atoms with van der Waals surface area (Å²) in [6, 6.07) is 4.32. The van der Waals surface area contributed by atoms with Gasteiger partial charge in [0.2, 0.25) is 5.91 Å². The van der Waals surface area contributed by atoms with Crippen LogP contribution in [0.15, 0.2) is 29.0 Å². The highest BCUT2D eigenvalue weighted by Crippen LogP contribution is 2.29. The summed E-state index contributed by atoms with van der Waals surface area (Å²) >= 11 is 2.79. The Bertz CT molecular complexity index is 983. The summed E-state index contributed by atoms with van der Waals surface area (Å²) in [5, 5.41) is 14.2. The zero-order valence-electron chi connectivity index (χ0n) is 17.1. The van der Waals surface area contributed by atoms with Crippen LogP contribution in [0.1, 0.15) is 23.1 Å². The fourth-order valence-corrected chi connectivity index (χ4v) is 4.33. The van der Waals surface area contributed by atoms with Crippen molar-refractivity contribution in [3.63, 3.8) is 0 Å². The molecule has 3 aromatic rings. The summed E-state index contributed by atoms with van der Waals surface area (Å²) in [5.74, 6) is 0.139. The van der Waals surface area contributed by atoms with E-state index in [1.165, 1.54) is 39.8 Å². The first-order valence-electron chi connectivity index (χ1n) is 9.31. The Labute approximate surface area is 178 Å². The van der Waals surface area contributed by atoms with E-state index in [9.17, 15) is 4.79 Å². The van der Waals surface area contributed by atoms with Gasteiger partial charge in [-0.2, -0.15) is 0 Å². The Morgan fingerprint density at radius 2 is 2.03 bits per heavy atom. The summed E-state index contributed by atoms with van der Waals surface area (Å²) in [5.41, 5.74) is 5.66. The summed E-state index contributed by atoms with van der Waals surface area (Å²) in [6.45, 7) is 7.72. The van der Waals surface area contributed by atoms with Gasteiger partial charge in [0.25, 0.3) is 0 Å². The first kappa shape index (κ1) is 21.5. The first-order chi connectivity index (χ1) is 14.0. The van der Waals surface area contributed by atoms with E-state index >= 15 is 0 Å². The summed E-state index contributed by atoms with van der Waals surface area (Å²) in [6.07, 6.45) is 2.54. The maximum atomic E-state index is 12.3. The number of thiazole rings is 1. The molecule has 2 heterocycles. The minimum Gasteiger partial charge on any atom is -0.385 e. The Balaban J connectivity index is 1.57. The molecule has 0 unspecified atom stereocenters. The third-order valence-electron chi connectivity index (χ3n) is 4.53. The topological polar surface area (TPSA) is 81.9 Å². The smallest absolute Gasteiger partial charge is 0.236 e. The van der Waals surface area contributed by atoms with Crippen LogP contribution in [0, 0.1) is 20.8 Å². The number of hydrogen-bond donors (Lipinski definition) is 1. The number of benzene rings is 1. The second-order valence-corrected chi connectivity index (χ2v) is 8.58. The van der Waals surface area contributed by atoms with Gasteiger partial charge >= 0.3 is 0 Å². The lowest BCUT2D eigenvalue weighted by molar-refractivity contribution is -0.113. The van der Waals surface area contributed by atoms with E-state index in [4.69, 9.17) is 4.74 Å². The molecular formula is C20H25N5O2S2. The highest BCUT2D eigenvalue weighted by molar-refractivity contribution is 7.99. The third-order valence-corrected chi connectivity index (χ3v) is 6.27. The second kappa shape index (κ2) is 10.00. The van der Waals surface area contributed by atoms with Crippen molar-refractivity contribution in [3.05, 3.63) is 40.5 Å². The van der Waals surface area contributed by atoms with Crippen LogP contribution in [0.5, 0.6) is 0 Å². The van der Waals surface area contributed by atoms with Gasteiger partial charge in [-0.15, -0.1) is 21.5 Å². The number of ether oxygens (including phenoxy) is 1. The molecule has 3 rings (SSSR count). The minimum atomic E-state index is -0.112. The van der Waals surface area contributed by atoms with Crippen LogP contribution < -0.4 is 5.32 Å². The van der Waals surface area contributed by atoms with Gasteiger partial charge in [0.15, 0.2) is 10.3 Å². The van der Waals surface area contributed by atoms with E-state index in [0.29, 0.717) is 11.7 Å². The van der Waals surface area contributed by atoms with Gasteiger partial charge in [0.05, 0.1) is 11.4 Å². The van der Waals surface area contributed by atoms with Crippen molar-refractivity contribution >= 4 is 34.1 Å². The molecule has 154 valence electrons. The second-order valence-electron chi connectivity index (χ2n) is 6.78. The lowest BCUT2D eigenvalue weighted by Gasteiger charge is -2.07. The number of anilines is 1. The van der Waals surface area contributed by atoms with Crippen LogP contribution in [0.25, 0.3) is 11.3 Å². The fourth-order valence-electron chi connectivity index (χ4n) is 2.87. The average Bonchev–Trinajstić information content (AvgIpc) is 3.33. The quantitative estimate of drug-likeness (QED) is 0.406. The Morgan fingerprint density at radius 3 is 2.83 bits per heavy atom. The third kappa shape index (κ3) is 5.65. The van der Waals surface area contributed by atoms with Gasteiger partial charge in [0.1, 0.15) is 6.33 Å². The number of methoxy groups -OCH3 is 1. The van der Waals surface area contributed by atoms with E-state index in [1.54, 1.807) is 13.4 Å². The molecule has 0 saturated heterocycles. The van der Waals surface area contributed by atoms with Gasteiger partial charge in [-0.25, -0.2) is 4.98 Å². The molecule has 0 bridgehead atoms. The van der Waals surface area contributed by atoms with Crippen molar-refractivity contribution in [2.24, 2.45) is 0 Å². The van der Waals surface area contributed by atoms with E-state index < -0.39 is 0 Å². The van der Waals surface area contributed by atoms with Crippen molar-refractivity contribution in [1.29, 1.82) is 0 Å². The molecule has 7 nitrogen and oxygen atoms in total. The zero-order chi connectivity index (χ0) is 20.8. The first-order valence-corrected chi connectivity index (χ1v) is 11.2. The van der Waals surface area contributed by atoms with E-state index in [1.807, 2.05) is 9.95 Å². The van der Waals surface area contributed by atoms with Gasteiger partial charge in [0, 0.05) is 31.2 Å². The number of thioether (sulfide) groups is 1. The molecule has 1 amide bonds. The van der Waals surface area contributed by atoms with Crippen molar-refractivity contribution in [1.82, 2.24) is 19.7 Å². The molecule has 0 spiro atoms. The number of carbonyl (C=O) groups is 1. The van der Waals surface area contributed by atoms with Crippen LogP contribution in [0.3, 0.4) is 0 Å². The van der Waals surface area contributed by atoms with Crippen LogP contribution in [-0.4, -0.2) is 45.1 Å². The number of aryl methyl sites for hydroxylation is 4. The fraction of sp³-hybridized carbons (Fsp3) is 0.400. The van der Waals surface area contributed by atoms with Crippen LogP contribution in [-0.2, 0) is 16.1 Å². The van der Waals surface area contributed by atoms with Crippen LogP contribution in [0.2, 0.25) is 0 Å². The molecule has 29 heavy (non-hydrogen) atoms. The standard InChI is InChI=1S/C20H25N5O2S2/c1-13-8-15(3)16(9-14(13)2)17-10-28-19(22-17)23-18(26)11-29-20-24-21-12-25(20)6-5-7-27-4/h8-10,12H,5-7,11H2,1-4H3,(H,22,23,26). The molecule has 9 heteroatoms. The molecular weight excluding hydrogens is 406 g/mol. The lowest BCUT2D eigenvalue weighted by atomic mass is 9.99. The van der Waals surface area contributed by atoms with Crippen molar-refractivity contribution in [3.8, 4) is 11.3 Å². The highest BCUT2D eigenvalue weighted by atomic mass is 32.2. The molecule has 0 aliphatic rings. The number of rotatable bonds is 9. The predicted molar refractivity (Wildman–Crippen MR) is 118 cm³/mol. The largest absolute Gasteiger partial charge is 0.385 e. The molecule has 0 radical (unpaired) electrons. The molecule has 0 aliphatic carbocycles. The van der Waals surface area contributed by atoms with Crippen molar-refractivity contribution < 1.29 is 9.53 Å². The van der Waals surface area contributed by atoms with E-state index in [2.05, 4.69) is 53.4 Å². The predicted octanol–water partition coefficient (Wildman–Crippen LogP) is 4.09. The summed E-state index contributed by atoms with van der Waals surface area (Å²) < 4.78 is 7.00. The van der Waals surface area contributed by atoms with Crippen molar-refractivity contribution in [2.45, 2.75) is 38.9 Å². The molecule has 0 atom stereocenters. The van der Waals surface area contributed by atoms with Gasteiger partial charge in [-0.3, -0.25) is 4.79 Å². The maximum absolute atomic E-state index is 12.3. The maximum Gasteiger partial charge on any atom is 0.236 e. The average molecular weight is 432 g/mol. The number of hydrogen-bond acceptors (Lipinski definition) is 7. The van der Waals surface area contributed by atoms with Crippen molar-refractivity contribution in [2.75, 3.05) is 24.8 Å². The lowest BCUT2D eigenvalue weighted by Crippen LogP contribution is -2.14. The molecule has 0 fully saturated rings. The van der Waals surface area contributed by atoms with Gasteiger partial charge < -0.3 is 14.6 Å².